The monoisotopic (exact) mass is 523 g/mol. The predicted octanol–water partition coefficient (Wildman–Crippen LogP) is 1.92. The highest BCUT2D eigenvalue weighted by atomic mass is 32.2. The van der Waals surface area contributed by atoms with E-state index in [0.717, 1.165) is 18.2 Å². The second-order valence-electron chi connectivity index (χ2n) is 7.67. The molecule has 2 aromatic carbocycles. The van der Waals surface area contributed by atoms with Crippen LogP contribution in [-0.2, 0) is 32.6 Å². The third kappa shape index (κ3) is 5.39. The Labute approximate surface area is 211 Å². The van der Waals surface area contributed by atoms with E-state index in [1.165, 1.54) is 31.4 Å². The molecule has 4 aromatic rings. The van der Waals surface area contributed by atoms with Crippen molar-refractivity contribution in [1.82, 2.24) is 20.3 Å². The van der Waals surface area contributed by atoms with Gasteiger partial charge in [-0.25, -0.2) is 13.2 Å². The van der Waals surface area contributed by atoms with Crippen molar-refractivity contribution >= 4 is 38.7 Å². The molecular weight excluding hydrogens is 502 g/mol. The molecule has 4 rings (SSSR count). The maximum absolute atomic E-state index is 13.1. The molecule has 0 fully saturated rings. The number of aromatic nitrogens is 3. The molecule has 0 radical (unpaired) electrons. The van der Waals surface area contributed by atoms with Crippen LogP contribution in [0.2, 0.25) is 0 Å². The van der Waals surface area contributed by atoms with Gasteiger partial charge in [0, 0.05) is 18.3 Å². The van der Waals surface area contributed by atoms with E-state index in [1.807, 2.05) is 5.92 Å². The van der Waals surface area contributed by atoms with Crippen molar-refractivity contribution < 1.29 is 32.0 Å². The summed E-state index contributed by atoms with van der Waals surface area (Å²) in [6.45, 7) is 0.555. The number of carbonyl (C=O) groups is 2. The quantitative estimate of drug-likeness (QED) is 0.247. The number of nitrogens with one attached hydrogen (secondary N) is 2. The van der Waals surface area contributed by atoms with E-state index in [9.17, 15) is 18.0 Å². The molecule has 0 unspecified atom stereocenters. The number of amides is 1. The normalized spacial score (nSPS) is 11.1. The summed E-state index contributed by atoms with van der Waals surface area (Å²) >= 11 is 0. The minimum atomic E-state index is -4.24. The zero-order chi connectivity index (χ0) is 26.6. The molecule has 0 bridgehead atoms. The summed E-state index contributed by atoms with van der Waals surface area (Å²) in [4.78, 5) is 23.0. The Kier molecular flexibility index (Phi) is 7.12. The molecule has 190 valence electrons. The summed E-state index contributed by atoms with van der Waals surface area (Å²) in [6.07, 6.45) is 8.38. The lowest BCUT2D eigenvalue weighted by Gasteiger charge is -2.11. The van der Waals surface area contributed by atoms with Crippen molar-refractivity contribution in [3.8, 4) is 18.1 Å². The molecular formula is C24H21N5O7S. The summed E-state index contributed by atoms with van der Waals surface area (Å²) in [5.41, 5.74) is 1.62. The standard InChI is InChI=1S/C24H21N5O7S/c1-4-21(30)25-11-16-12-26-29(14-16)13-15-9-18(34-2)22-19(10-15)36-27-23(22)28-37(32,33)20-8-6-5-7-17(20)24(31)35-3/h1,5-10,12,14H,11,13H2,2-3H3,(H,25,30)(H,27,28). The van der Waals surface area contributed by atoms with E-state index in [0.29, 0.717) is 17.7 Å². The van der Waals surface area contributed by atoms with Crippen molar-refractivity contribution in [1.29, 1.82) is 0 Å². The second kappa shape index (κ2) is 10.4. The Morgan fingerprint density at radius 1 is 1.19 bits per heavy atom. The number of hydrogen-bond acceptors (Lipinski definition) is 9. The van der Waals surface area contributed by atoms with Gasteiger partial charge in [0.1, 0.15) is 16.0 Å². The van der Waals surface area contributed by atoms with E-state index in [1.54, 1.807) is 29.2 Å². The van der Waals surface area contributed by atoms with Crippen LogP contribution in [0, 0.1) is 12.3 Å². The molecule has 0 saturated carbocycles. The fraction of sp³-hybridized carbons (Fsp3) is 0.167. The first kappa shape index (κ1) is 25.3. The van der Waals surface area contributed by atoms with E-state index in [-0.39, 0.29) is 28.4 Å². The maximum atomic E-state index is 13.1. The highest BCUT2D eigenvalue weighted by Crippen LogP contribution is 2.35. The number of hydrogen-bond donors (Lipinski definition) is 2. The van der Waals surface area contributed by atoms with E-state index < -0.39 is 21.9 Å². The summed E-state index contributed by atoms with van der Waals surface area (Å²) in [6, 6.07) is 9.00. The molecule has 0 spiro atoms. The van der Waals surface area contributed by atoms with Gasteiger partial charge in [-0.05, 0) is 35.7 Å². The molecule has 37 heavy (non-hydrogen) atoms. The lowest BCUT2D eigenvalue weighted by molar-refractivity contribution is -0.115. The fourth-order valence-corrected chi connectivity index (χ4v) is 4.78. The van der Waals surface area contributed by atoms with Crippen LogP contribution in [0.3, 0.4) is 0 Å². The fourth-order valence-electron chi connectivity index (χ4n) is 3.58. The summed E-state index contributed by atoms with van der Waals surface area (Å²) in [5, 5.41) is 11.0. The van der Waals surface area contributed by atoms with Crippen LogP contribution >= 0.6 is 0 Å². The first-order valence-corrected chi connectivity index (χ1v) is 12.2. The van der Waals surface area contributed by atoms with Gasteiger partial charge in [-0.3, -0.25) is 14.2 Å². The number of sulfonamides is 1. The van der Waals surface area contributed by atoms with Gasteiger partial charge < -0.3 is 19.3 Å². The Bertz CT molecular complexity index is 1630. The molecule has 0 aliphatic rings. The highest BCUT2D eigenvalue weighted by Gasteiger charge is 2.26. The zero-order valence-electron chi connectivity index (χ0n) is 19.7. The Morgan fingerprint density at radius 3 is 2.70 bits per heavy atom. The molecule has 1 amide bonds. The highest BCUT2D eigenvalue weighted by molar-refractivity contribution is 7.92. The molecule has 13 heteroatoms. The van der Waals surface area contributed by atoms with Crippen LogP contribution in [0.5, 0.6) is 5.75 Å². The van der Waals surface area contributed by atoms with Crippen LogP contribution in [0.4, 0.5) is 5.82 Å². The number of ether oxygens (including phenoxy) is 2. The third-order valence-corrected chi connectivity index (χ3v) is 6.64. The minimum Gasteiger partial charge on any atom is -0.496 e. The molecule has 0 atom stereocenters. The molecule has 2 N–H and O–H groups in total. The Hall–Kier alpha value is -4.83. The van der Waals surface area contributed by atoms with Crippen LogP contribution in [-0.4, -0.2) is 49.5 Å². The van der Waals surface area contributed by atoms with Crippen LogP contribution in [0.15, 0.2) is 58.2 Å². The van der Waals surface area contributed by atoms with Gasteiger partial charge in [-0.2, -0.15) is 5.10 Å². The average Bonchev–Trinajstić information content (AvgIpc) is 3.52. The molecule has 0 saturated heterocycles. The van der Waals surface area contributed by atoms with Crippen molar-refractivity contribution in [2.45, 2.75) is 18.0 Å². The number of carbonyl (C=O) groups excluding carboxylic acids is 2. The van der Waals surface area contributed by atoms with E-state index in [2.05, 4.69) is 25.0 Å². The maximum Gasteiger partial charge on any atom is 0.339 e. The van der Waals surface area contributed by atoms with Gasteiger partial charge in [0.05, 0.1) is 32.5 Å². The number of methoxy groups -OCH3 is 2. The van der Waals surface area contributed by atoms with Gasteiger partial charge in [0.15, 0.2) is 11.4 Å². The van der Waals surface area contributed by atoms with Gasteiger partial charge in [0.2, 0.25) is 0 Å². The van der Waals surface area contributed by atoms with Crippen LogP contribution in [0.25, 0.3) is 11.0 Å². The third-order valence-electron chi connectivity index (χ3n) is 5.25. The number of nitrogens with zero attached hydrogens (tertiary/aromatic N) is 3. The molecule has 0 aliphatic heterocycles. The number of rotatable bonds is 9. The summed E-state index contributed by atoms with van der Waals surface area (Å²) < 4.78 is 45.8. The van der Waals surface area contributed by atoms with Gasteiger partial charge in [0.25, 0.3) is 15.9 Å². The van der Waals surface area contributed by atoms with E-state index >= 15 is 0 Å². The molecule has 2 aromatic heterocycles. The summed E-state index contributed by atoms with van der Waals surface area (Å²) in [7, 11) is -1.65. The van der Waals surface area contributed by atoms with Crippen LogP contribution in [0.1, 0.15) is 21.5 Å². The SMILES string of the molecule is C#CC(=O)NCc1cnn(Cc2cc(OC)c3c(NS(=O)(=O)c4ccccc4C(=O)OC)noc3c2)c1. The molecule has 12 nitrogen and oxygen atoms in total. The lowest BCUT2D eigenvalue weighted by atomic mass is 10.1. The van der Waals surface area contributed by atoms with E-state index in [4.69, 9.17) is 15.7 Å². The van der Waals surface area contributed by atoms with Crippen molar-refractivity contribution in [3.63, 3.8) is 0 Å². The number of anilines is 1. The number of terminal acetylenes is 1. The number of benzene rings is 2. The second-order valence-corrected chi connectivity index (χ2v) is 9.32. The van der Waals surface area contributed by atoms with Crippen molar-refractivity contribution in [2.75, 3.05) is 18.9 Å². The van der Waals surface area contributed by atoms with Gasteiger partial charge >= 0.3 is 5.97 Å². The van der Waals surface area contributed by atoms with Gasteiger partial charge in [-0.15, -0.1) is 6.42 Å². The smallest absolute Gasteiger partial charge is 0.339 e. The summed E-state index contributed by atoms with van der Waals surface area (Å²) in [5.74, 6) is 0.858. The largest absolute Gasteiger partial charge is 0.496 e. The number of fused-ring (bicyclic) bond motifs is 1. The Morgan fingerprint density at radius 2 is 1.97 bits per heavy atom. The molecule has 2 heterocycles. The zero-order valence-corrected chi connectivity index (χ0v) is 20.5. The predicted molar refractivity (Wildman–Crippen MR) is 131 cm³/mol. The van der Waals surface area contributed by atoms with Crippen LogP contribution < -0.4 is 14.8 Å². The topological polar surface area (TPSA) is 155 Å². The number of esters is 1. The average molecular weight is 524 g/mol. The lowest BCUT2D eigenvalue weighted by Crippen LogP contribution is -2.20. The van der Waals surface area contributed by atoms with Gasteiger partial charge in [-0.1, -0.05) is 17.3 Å². The van der Waals surface area contributed by atoms with Crippen molar-refractivity contribution in [3.05, 3.63) is 65.5 Å². The first-order chi connectivity index (χ1) is 17.7. The Balaban J connectivity index is 1.61. The minimum absolute atomic E-state index is 0.108. The first-order valence-electron chi connectivity index (χ1n) is 10.7. The van der Waals surface area contributed by atoms with Crippen molar-refractivity contribution in [2.24, 2.45) is 0 Å². The molecule has 0 aliphatic carbocycles.